The molecule has 0 aliphatic rings. The van der Waals surface area contributed by atoms with Crippen molar-refractivity contribution >= 4 is 52.7 Å². The van der Waals surface area contributed by atoms with Gasteiger partial charge in [-0.15, -0.1) is 10.2 Å². The first kappa shape index (κ1) is 31.1. The van der Waals surface area contributed by atoms with E-state index in [2.05, 4.69) is 20.4 Å². The van der Waals surface area contributed by atoms with Gasteiger partial charge in [0.2, 0.25) is 0 Å². The van der Waals surface area contributed by atoms with E-state index in [4.69, 9.17) is 25.3 Å². The van der Waals surface area contributed by atoms with Crippen molar-refractivity contribution in [1.29, 1.82) is 0 Å². The van der Waals surface area contributed by atoms with Crippen LogP contribution in [-0.4, -0.2) is 62.7 Å². The van der Waals surface area contributed by atoms with Crippen molar-refractivity contribution in [2.45, 2.75) is 27.7 Å². The van der Waals surface area contributed by atoms with Crippen molar-refractivity contribution in [3.05, 3.63) is 75.8 Å². The molecule has 2 rings (SSSR count). The molecular weight excluding hydrogens is 546 g/mol. The number of nitro groups is 1. The minimum absolute atomic E-state index is 0. The maximum Gasteiger partial charge on any atom is 2.00 e. The molecule has 0 fully saturated rings. The summed E-state index contributed by atoms with van der Waals surface area (Å²) in [5, 5.41) is 29.4. The summed E-state index contributed by atoms with van der Waals surface area (Å²) in [6.07, 6.45) is 0. The van der Waals surface area contributed by atoms with Gasteiger partial charge in [-0.1, -0.05) is 30.3 Å². The van der Waals surface area contributed by atoms with Gasteiger partial charge in [-0.05, 0) is 39.8 Å². The smallest absolute Gasteiger partial charge is 0.741 e. The quantitative estimate of drug-likeness (QED) is 0.105. The Morgan fingerprint density at radius 2 is 1.11 bits per heavy atom. The van der Waals surface area contributed by atoms with Crippen LogP contribution < -0.4 is 0 Å². The van der Waals surface area contributed by atoms with E-state index in [-0.39, 0.29) is 22.8 Å². The topological polar surface area (TPSA) is 99.1 Å². The fourth-order valence-corrected chi connectivity index (χ4v) is 3.72. The van der Waals surface area contributed by atoms with Gasteiger partial charge in [0.1, 0.15) is 11.4 Å². The predicted octanol–water partition coefficient (Wildman–Crippen LogP) is 4.19. The zero-order valence-electron chi connectivity index (χ0n) is 20.6. The standard InChI is InChI=1S/C24H31N7O2S2.Cu/c1-5-29(6-2)23(34)27-25-21(18-12-10-9-11-13-18)22(26-28-24(35)30(7-3)8-4)19-14-16-20(17-15-19)31(32)33;/h9-17H,5-8H2,1-4H3,(H,27,34)(H,28,35);/q;+2/p-2/b25-21+,26-22+;. The third-order valence-corrected chi connectivity index (χ3v) is 5.84. The molecule has 0 atom stereocenters. The van der Waals surface area contributed by atoms with Crippen LogP contribution in [-0.2, 0) is 42.3 Å². The first-order valence-electron chi connectivity index (χ1n) is 11.3. The van der Waals surface area contributed by atoms with Gasteiger partial charge < -0.3 is 35.1 Å². The minimum Gasteiger partial charge on any atom is -0.741 e. The molecule has 12 heteroatoms. The number of hydrogen-bond donors (Lipinski definition) is 0. The average molecular weight is 575 g/mol. The largest absolute Gasteiger partial charge is 2.00 e. The predicted molar refractivity (Wildman–Crippen MR) is 148 cm³/mol. The fraction of sp³-hybridized carbons (Fsp3) is 0.333. The van der Waals surface area contributed by atoms with Crippen LogP contribution in [0, 0.1) is 10.1 Å². The van der Waals surface area contributed by atoms with E-state index in [1.54, 1.807) is 12.1 Å². The molecule has 0 spiro atoms. The van der Waals surface area contributed by atoms with Crippen molar-refractivity contribution < 1.29 is 22.0 Å². The normalized spacial score (nSPS) is 12.7. The van der Waals surface area contributed by atoms with Gasteiger partial charge in [-0.25, -0.2) is 0 Å². The molecule has 36 heavy (non-hydrogen) atoms. The Morgan fingerprint density at radius 3 is 1.47 bits per heavy atom. The van der Waals surface area contributed by atoms with Gasteiger partial charge in [0.15, 0.2) is 0 Å². The summed E-state index contributed by atoms with van der Waals surface area (Å²) in [4.78, 5) is 14.5. The van der Waals surface area contributed by atoms with E-state index in [1.807, 2.05) is 67.8 Å². The van der Waals surface area contributed by atoms with Gasteiger partial charge >= 0.3 is 17.1 Å². The average Bonchev–Trinajstić information content (AvgIpc) is 2.88. The van der Waals surface area contributed by atoms with Crippen LogP contribution >= 0.6 is 0 Å². The number of non-ortho nitro benzene ring substituents is 1. The summed E-state index contributed by atoms with van der Waals surface area (Å²) in [6, 6.07) is 15.4. The summed E-state index contributed by atoms with van der Waals surface area (Å²) >= 11 is 10.9. The van der Waals surface area contributed by atoms with Crippen LogP contribution in [0.4, 0.5) is 5.69 Å². The van der Waals surface area contributed by atoms with Gasteiger partial charge in [0.25, 0.3) is 5.69 Å². The second-order valence-electron chi connectivity index (χ2n) is 7.18. The summed E-state index contributed by atoms with van der Waals surface area (Å²) in [6.45, 7) is 10.7. The molecule has 0 heterocycles. The van der Waals surface area contributed by atoms with E-state index < -0.39 is 4.92 Å². The van der Waals surface area contributed by atoms with Crippen LogP contribution in [0.5, 0.6) is 0 Å². The van der Waals surface area contributed by atoms with E-state index in [0.717, 1.165) is 5.56 Å². The van der Waals surface area contributed by atoms with E-state index in [9.17, 15) is 10.1 Å². The zero-order chi connectivity index (χ0) is 25.8. The number of amidine groups is 2. The molecule has 9 nitrogen and oxygen atoms in total. The van der Waals surface area contributed by atoms with Crippen molar-refractivity contribution in [1.82, 2.24) is 9.80 Å². The van der Waals surface area contributed by atoms with Gasteiger partial charge in [0, 0.05) is 59.8 Å². The number of benzene rings is 2. The second-order valence-corrected chi connectivity index (χ2v) is 7.91. The van der Waals surface area contributed by atoms with Crippen LogP contribution in [0.2, 0.25) is 0 Å². The Balaban J connectivity index is 0.00000648. The van der Waals surface area contributed by atoms with Crippen LogP contribution in [0.1, 0.15) is 38.8 Å². The van der Waals surface area contributed by atoms with E-state index in [0.29, 0.717) is 53.5 Å². The Kier molecular flexibility index (Phi) is 13.8. The van der Waals surface area contributed by atoms with Gasteiger partial charge in [-0.2, -0.15) is 10.2 Å². The van der Waals surface area contributed by atoms with Crippen molar-refractivity contribution in [3.8, 4) is 0 Å². The van der Waals surface area contributed by atoms with Crippen molar-refractivity contribution in [2.75, 3.05) is 26.2 Å². The second kappa shape index (κ2) is 15.9. The van der Waals surface area contributed by atoms with Crippen molar-refractivity contribution in [2.24, 2.45) is 20.4 Å². The van der Waals surface area contributed by atoms with Crippen LogP contribution in [0.25, 0.3) is 0 Å². The van der Waals surface area contributed by atoms with Gasteiger partial charge in [0.05, 0.1) is 4.92 Å². The molecule has 0 N–H and O–H groups in total. The van der Waals surface area contributed by atoms with Crippen molar-refractivity contribution in [3.63, 3.8) is 0 Å². The molecule has 0 bridgehead atoms. The van der Waals surface area contributed by atoms with Gasteiger partial charge in [-0.3, -0.25) is 10.1 Å². The molecule has 0 unspecified atom stereocenters. The molecule has 195 valence electrons. The third-order valence-electron chi connectivity index (χ3n) is 5.16. The first-order valence-corrected chi connectivity index (χ1v) is 12.1. The maximum atomic E-state index is 11.2. The molecule has 0 aliphatic carbocycles. The summed E-state index contributed by atoms with van der Waals surface area (Å²) < 4.78 is 0. The number of rotatable bonds is 10. The fourth-order valence-electron chi connectivity index (χ4n) is 3.12. The van der Waals surface area contributed by atoms with Crippen LogP contribution in [0.3, 0.4) is 0 Å². The molecule has 2 aromatic carbocycles. The molecule has 0 amide bonds. The first-order chi connectivity index (χ1) is 16.9. The van der Waals surface area contributed by atoms with Crippen LogP contribution in [0.15, 0.2) is 75.0 Å². The molecule has 2 aromatic rings. The number of nitro benzene ring substituents is 1. The third kappa shape index (κ3) is 8.63. The Hall–Kier alpha value is -2.92. The number of nitrogens with zero attached hydrogens (tertiary/aromatic N) is 7. The Labute approximate surface area is 233 Å². The maximum absolute atomic E-state index is 11.2. The molecule has 0 aliphatic heterocycles. The zero-order valence-corrected chi connectivity index (χ0v) is 23.2. The summed E-state index contributed by atoms with van der Waals surface area (Å²) in [5.41, 5.74) is 2.06. The monoisotopic (exact) mass is 574 g/mol. The van der Waals surface area contributed by atoms with E-state index in [1.165, 1.54) is 12.1 Å². The SMILES string of the molecule is CCN(CC)/C([S-])=N/N=C(/C(=N/N=C(\[S-])N(CC)CC)c1ccc([N+](=O)[O-])cc1)c1ccccc1.[Cu+2]. The Morgan fingerprint density at radius 1 is 0.722 bits per heavy atom. The minimum atomic E-state index is -0.454. The molecule has 0 saturated carbocycles. The molecule has 0 aromatic heterocycles. The summed E-state index contributed by atoms with van der Waals surface area (Å²) in [5.74, 6) is 0. The Bertz CT molecular complexity index is 1100. The number of hydrogen-bond acceptors (Lipinski definition) is 8. The molecule has 1 radical (unpaired) electrons. The summed E-state index contributed by atoms with van der Waals surface area (Å²) in [7, 11) is 0. The molecular formula is C24H29CuN7O2S2. The molecule has 0 saturated heterocycles. The van der Waals surface area contributed by atoms with E-state index >= 15 is 0 Å².